The smallest absolute Gasteiger partial charge is 0.399 e. The van der Waals surface area contributed by atoms with Gasteiger partial charge in [-0.1, -0.05) is 30.3 Å². The molecule has 0 aliphatic carbocycles. The molecule has 1 aromatic carbocycles. The Balaban J connectivity index is 2.02. The van der Waals surface area contributed by atoms with Crippen molar-refractivity contribution in [2.24, 2.45) is 0 Å². The minimum atomic E-state index is -0.367. The lowest BCUT2D eigenvalue weighted by Crippen LogP contribution is -2.41. The molecule has 0 bridgehead atoms. The van der Waals surface area contributed by atoms with Crippen LogP contribution in [0.5, 0.6) is 0 Å². The molecule has 1 aliphatic heterocycles. The molecule has 1 fully saturated rings. The van der Waals surface area contributed by atoms with Crippen molar-refractivity contribution < 1.29 is 9.31 Å². The zero-order valence-corrected chi connectivity index (χ0v) is 13.0. The van der Waals surface area contributed by atoms with Gasteiger partial charge in [0.15, 0.2) is 0 Å². The molecule has 3 rings (SSSR count). The second kappa shape index (κ2) is 4.97. The largest absolute Gasteiger partial charge is 0.495 e. The first kappa shape index (κ1) is 14.3. The quantitative estimate of drug-likeness (QED) is 0.793. The van der Waals surface area contributed by atoms with Crippen LogP contribution in [0.25, 0.3) is 11.1 Å². The number of pyridine rings is 1. The van der Waals surface area contributed by atoms with Gasteiger partial charge in [0.2, 0.25) is 0 Å². The van der Waals surface area contributed by atoms with Gasteiger partial charge in [0.1, 0.15) is 0 Å². The highest BCUT2D eigenvalue weighted by Gasteiger charge is 2.52. The monoisotopic (exact) mass is 281 g/mol. The van der Waals surface area contributed by atoms with Gasteiger partial charge in [-0.2, -0.15) is 0 Å². The molecule has 1 aliphatic rings. The Bertz CT molecular complexity index is 624. The van der Waals surface area contributed by atoms with Crippen molar-refractivity contribution in [3.8, 4) is 11.1 Å². The van der Waals surface area contributed by atoms with Crippen LogP contribution in [0.15, 0.2) is 48.8 Å². The molecule has 108 valence electrons. The Morgan fingerprint density at radius 1 is 0.905 bits per heavy atom. The van der Waals surface area contributed by atoms with Crippen LogP contribution in [0.1, 0.15) is 27.7 Å². The van der Waals surface area contributed by atoms with E-state index in [9.17, 15) is 0 Å². The van der Waals surface area contributed by atoms with Crippen molar-refractivity contribution in [2.45, 2.75) is 38.9 Å². The number of benzene rings is 1. The zero-order chi connectivity index (χ0) is 15.1. The van der Waals surface area contributed by atoms with Gasteiger partial charge in [-0.3, -0.25) is 4.98 Å². The molecule has 0 spiro atoms. The lowest BCUT2D eigenvalue weighted by Gasteiger charge is -2.32. The van der Waals surface area contributed by atoms with Crippen LogP contribution in [0.3, 0.4) is 0 Å². The highest BCUT2D eigenvalue weighted by atomic mass is 16.7. The van der Waals surface area contributed by atoms with Crippen molar-refractivity contribution in [3.05, 3.63) is 48.8 Å². The molecule has 0 amide bonds. The third kappa shape index (κ3) is 2.50. The molecule has 4 heteroatoms. The predicted octanol–water partition coefficient (Wildman–Crippen LogP) is 3.05. The second-order valence-corrected chi connectivity index (χ2v) is 6.42. The van der Waals surface area contributed by atoms with E-state index in [-0.39, 0.29) is 18.3 Å². The third-order valence-corrected chi connectivity index (χ3v) is 4.45. The van der Waals surface area contributed by atoms with E-state index < -0.39 is 0 Å². The van der Waals surface area contributed by atoms with Crippen molar-refractivity contribution in [3.63, 3.8) is 0 Å². The fourth-order valence-corrected chi connectivity index (χ4v) is 2.44. The van der Waals surface area contributed by atoms with Gasteiger partial charge >= 0.3 is 7.12 Å². The Hall–Kier alpha value is -1.65. The van der Waals surface area contributed by atoms with Crippen LogP contribution in [0.2, 0.25) is 0 Å². The summed E-state index contributed by atoms with van der Waals surface area (Å²) in [6.45, 7) is 8.26. The predicted molar refractivity (Wildman–Crippen MR) is 85.4 cm³/mol. The van der Waals surface area contributed by atoms with Gasteiger partial charge in [0.25, 0.3) is 0 Å². The summed E-state index contributed by atoms with van der Waals surface area (Å²) in [5, 5.41) is 0. The molecule has 0 unspecified atom stereocenters. The first-order chi connectivity index (χ1) is 9.91. The first-order valence-corrected chi connectivity index (χ1v) is 7.26. The van der Waals surface area contributed by atoms with Crippen LogP contribution in [0, 0.1) is 0 Å². The summed E-state index contributed by atoms with van der Waals surface area (Å²) in [5.41, 5.74) is 2.52. The lowest BCUT2D eigenvalue weighted by molar-refractivity contribution is 0.00578. The number of aromatic nitrogens is 1. The van der Waals surface area contributed by atoms with E-state index in [0.29, 0.717) is 0 Å². The summed E-state index contributed by atoms with van der Waals surface area (Å²) in [5.74, 6) is 0. The molecule has 0 saturated carbocycles. The number of rotatable bonds is 2. The number of hydrogen-bond acceptors (Lipinski definition) is 3. The third-order valence-electron chi connectivity index (χ3n) is 4.45. The van der Waals surface area contributed by atoms with Gasteiger partial charge in [0.05, 0.1) is 11.2 Å². The SMILES string of the molecule is CC1(C)OB(c2ccncc2-c2ccccc2)OC1(C)C. The van der Waals surface area contributed by atoms with Gasteiger partial charge in [0, 0.05) is 12.4 Å². The summed E-state index contributed by atoms with van der Waals surface area (Å²) in [6, 6.07) is 12.2. The highest BCUT2D eigenvalue weighted by molar-refractivity contribution is 6.63. The standard InChI is InChI=1S/C17H20BNO2/c1-16(2)17(3,4)21-18(20-16)15-10-11-19-12-14(15)13-8-6-5-7-9-13/h5-12H,1-4H3. The van der Waals surface area contributed by atoms with Gasteiger partial charge in [-0.25, -0.2) is 0 Å². The maximum Gasteiger partial charge on any atom is 0.495 e. The minimum Gasteiger partial charge on any atom is -0.399 e. The van der Waals surface area contributed by atoms with E-state index >= 15 is 0 Å². The summed E-state index contributed by atoms with van der Waals surface area (Å²) < 4.78 is 12.3. The molecule has 0 radical (unpaired) electrons. The zero-order valence-electron chi connectivity index (χ0n) is 13.0. The van der Waals surface area contributed by atoms with Crippen LogP contribution >= 0.6 is 0 Å². The number of nitrogens with zero attached hydrogens (tertiary/aromatic N) is 1. The fourth-order valence-electron chi connectivity index (χ4n) is 2.44. The summed E-state index contributed by atoms with van der Waals surface area (Å²) in [4.78, 5) is 4.25. The number of hydrogen-bond donors (Lipinski definition) is 0. The van der Waals surface area contributed by atoms with Crippen molar-refractivity contribution in [1.82, 2.24) is 4.98 Å². The van der Waals surface area contributed by atoms with E-state index in [2.05, 4.69) is 44.8 Å². The molecule has 0 N–H and O–H groups in total. The summed E-state index contributed by atoms with van der Waals surface area (Å²) >= 11 is 0. The average Bonchev–Trinajstić information content (AvgIpc) is 2.68. The maximum atomic E-state index is 6.16. The Morgan fingerprint density at radius 2 is 1.52 bits per heavy atom. The van der Waals surface area contributed by atoms with E-state index in [4.69, 9.17) is 9.31 Å². The van der Waals surface area contributed by atoms with Crippen LogP contribution in [0.4, 0.5) is 0 Å². The fraction of sp³-hybridized carbons (Fsp3) is 0.353. The van der Waals surface area contributed by atoms with Crippen molar-refractivity contribution >= 4 is 12.6 Å². The van der Waals surface area contributed by atoms with Gasteiger partial charge in [-0.05, 0) is 50.4 Å². The Labute approximate surface area is 126 Å². The van der Waals surface area contributed by atoms with Crippen molar-refractivity contribution in [2.75, 3.05) is 0 Å². The Morgan fingerprint density at radius 3 is 2.14 bits per heavy atom. The van der Waals surface area contributed by atoms with Crippen LogP contribution in [-0.2, 0) is 9.31 Å². The van der Waals surface area contributed by atoms with E-state index in [0.717, 1.165) is 16.6 Å². The molecular formula is C17H20BNO2. The molecule has 1 saturated heterocycles. The van der Waals surface area contributed by atoms with E-state index in [1.807, 2.05) is 30.5 Å². The first-order valence-electron chi connectivity index (χ1n) is 7.26. The Kier molecular flexibility index (Phi) is 3.38. The second-order valence-electron chi connectivity index (χ2n) is 6.42. The highest BCUT2D eigenvalue weighted by Crippen LogP contribution is 2.37. The summed E-state index contributed by atoms with van der Waals surface area (Å²) in [7, 11) is -0.367. The van der Waals surface area contributed by atoms with E-state index in [1.165, 1.54) is 0 Å². The van der Waals surface area contributed by atoms with Gasteiger partial charge in [-0.15, -0.1) is 0 Å². The van der Waals surface area contributed by atoms with Crippen molar-refractivity contribution in [1.29, 1.82) is 0 Å². The minimum absolute atomic E-state index is 0.338. The lowest BCUT2D eigenvalue weighted by atomic mass is 9.75. The molecule has 2 heterocycles. The molecule has 3 nitrogen and oxygen atoms in total. The molecule has 2 aromatic rings. The van der Waals surface area contributed by atoms with E-state index in [1.54, 1.807) is 6.20 Å². The normalized spacial score (nSPS) is 19.7. The van der Waals surface area contributed by atoms with Crippen LogP contribution in [-0.4, -0.2) is 23.3 Å². The molecular weight excluding hydrogens is 261 g/mol. The molecule has 1 aromatic heterocycles. The van der Waals surface area contributed by atoms with Gasteiger partial charge < -0.3 is 9.31 Å². The maximum absolute atomic E-state index is 6.16. The summed E-state index contributed by atoms with van der Waals surface area (Å²) in [6.07, 6.45) is 3.66. The molecule has 21 heavy (non-hydrogen) atoms. The van der Waals surface area contributed by atoms with Crippen LogP contribution < -0.4 is 5.46 Å². The molecule has 0 atom stereocenters. The topological polar surface area (TPSA) is 31.4 Å². The average molecular weight is 281 g/mol.